The van der Waals surface area contributed by atoms with Crippen LogP contribution in [0.3, 0.4) is 0 Å². The largest absolute Gasteiger partial charge is 0.378 e. The van der Waals surface area contributed by atoms with E-state index in [4.69, 9.17) is 15.4 Å². The fourth-order valence-corrected chi connectivity index (χ4v) is 3.12. The average molecular weight is 269 g/mol. The van der Waals surface area contributed by atoms with E-state index < -0.39 is 9.05 Å². The lowest BCUT2D eigenvalue weighted by Gasteiger charge is -2.30. The SMILES string of the molecule is CCC1CCCCC1OCCCS(=O)(=O)Cl. The second-order valence-electron chi connectivity index (χ2n) is 4.46. The second-order valence-corrected chi connectivity index (χ2v) is 7.36. The quantitative estimate of drug-likeness (QED) is 0.550. The van der Waals surface area contributed by atoms with Gasteiger partial charge < -0.3 is 4.74 Å². The van der Waals surface area contributed by atoms with E-state index >= 15 is 0 Å². The molecule has 0 heterocycles. The average Bonchev–Trinajstić information content (AvgIpc) is 2.23. The smallest absolute Gasteiger partial charge is 0.232 e. The van der Waals surface area contributed by atoms with E-state index in [0.717, 1.165) is 12.8 Å². The van der Waals surface area contributed by atoms with Crippen molar-refractivity contribution in [1.82, 2.24) is 0 Å². The molecule has 0 spiro atoms. The molecular weight excluding hydrogens is 248 g/mol. The molecule has 1 fully saturated rings. The van der Waals surface area contributed by atoms with Crippen molar-refractivity contribution in [2.24, 2.45) is 5.92 Å². The Kier molecular flexibility index (Phi) is 6.08. The van der Waals surface area contributed by atoms with Crippen LogP contribution in [0, 0.1) is 5.92 Å². The van der Waals surface area contributed by atoms with Crippen molar-refractivity contribution in [3.63, 3.8) is 0 Å². The summed E-state index contributed by atoms with van der Waals surface area (Å²) < 4.78 is 27.2. The molecule has 96 valence electrons. The van der Waals surface area contributed by atoms with Crippen LogP contribution in [-0.2, 0) is 13.8 Å². The zero-order valence-corrected chi connectivity index (χ0v) is 11.4. The monoisotopic (exact) mass is 268 g/mol. The first-order valence-corrected chi connectivity index (χ1v) is 8.54. The summed E-state index contributed by atoms with van der Waals surface area (Å²) in [5, 5.41) is 0. The maximum Gasteiger partial charge on any atom is 0.232 e. The van der Waals surface area contributed by atoms with Crippen LogP contribution < -0.4 is 0 Å². The van der Waals surface area contributed by atoms with E-state index in [0.29, 0.717) is 25.0 Å². The molecule has 0 amide bonds. The summed E-state index contributed by atoms with van der Waals surface area (Å²) >= 11 is 0. The highest BCUT2D eigenvalue weighted by Crippen LogP contribution is 2.29. The molecule has 0 N–H and O–H groups in total. The molecule has 16 heavy (non-hydrogen) atoms. The van der Waals surface area contributed by atoms with Gasteiger partial charge in [0.15, 0.2) is 0 Å². The minimum absolute atomic E-state index is 0.0120. The number of hydrogen-bond donors (Lipinski definition) is 0. The van der Waals surface area contributed by atoms with Gasteiger partial charge in [-0.2, -0.15) is 0 Å². The summed E-state index contributed by atoms with van der Waals surface area (Å²) in [5.41, 5.74) is 0. The number of hydrogen-bond acceptors (Lipinski definition) is 3. The summed E-state index contributed by atoms with van der Waals surface area (Å²) in [6.07, 6.45) is 6.87. The molecule has 0 aromatic rings. The van der Waals surface area contributed by atoms with Gasteiger partial charge in [0, 0.05) is 17.3 Å². The normalized spacial score (nSPS) is 26.9. The van der Waals surface area contributed by atoms with E-state index in [-0.39, 0.29) is 5.75 Å². The summed E-state index contributed by atoms with van der Waals surface area (Å²) in [4.78, 5) is 0. The van der Waals surface area contributed by atoms with Gasteiger partial charge in [0.25, 0.3) is 0 Å². The number of halogens is 1. The van der Waals surface area contributed by atoms with Gasteiger partial charge in [-0.3, -0.25) is 0 Å². The predicted molar refractivity (Wildman–Crippen MR) is 66.2 cm³/mol. The highest BCUT2D eigenvalue weighted by Gasteiger charge is 2.23. The standard InChI is InChI=1S/C11H21ClO3S/c1-2-10-6-3-4-7-11(10)15-8-5-9-16(12,13)14/h10-11H,2-9H2,1H3. The molecule has 0 saturated heterocycles. The molecular formula is C11H21ClO3S. The van der Waals surface area contributed by atoms with Crippen molar-refractivity contribution < 1.29 is 13.2 Å². The Morgan fingerprint density at radius 2 is 2.00 bits per heavy atom. The van der Waals surface area contributed by atoms with Crippen molar-refractivity contribution >= 4 is 19.7 Å². The third-order valence-electron chi connectivity index (χ3n) is 3.23. The van der Waals surface area contributed by atoms with E-state index in [1.807, 2.05) is 0 Å². The number of rotatable bonds is 6. The lowest BCUT2D eigenvalue weighted by molar-refractivity contribution is -0.0113. The third-order valence-corrected chi connectivity index (χ3v) is 4.47. The molecule has 1 aliphatic rings. The Balaban J connectivity index is 2.20. The van der Waals surface area contributed by atoms with Gasteiger partial charge in [-0.05, 0) is 25.2 Å². The van der Waals surface area contributed by atoms with Crippen molar-refractivity contribution in [2.45, 2.75) is 51.6 Å². The van der Waals surface area contributed by atoms with Crippen molar-refractivity contribution in [3.05, 3.63) is 0 Å². The van der Waals surface area contributed by atoms with Gasteiger partial charge in [0.1, 0.15) is 0 Å². The molecule has 0 radical (unpaired) electrons. The van der Waals surface area contributed by atoms with Crippen LogP contribution in [0.4, 0.5) is 0 Å². The first kappa shape index (κ1) is 14.3. The Morgan fingerprint density at radius 3 is 2.62 bits per heavy atom. The highest BCUT2D eigenvalue weighted by atomic mass is 35.7. The fraction of sp³-hybridized carbons (Fsp3) is 1.00. The fourth-order valence-electron chi connectivity index (χ4n) is 2.33. The topological polar surface area (TPSA) is 43.4 Å². The zero-order valence-electron chi connectivity index (χ0n) is 9.82. The molecule has 1 saturated carbocycles. The maximum atomic E-state index is 10.7. The van der Waals surface area contributed by atoms with Gasteiger partial charge in [-0.25, -0.2) is 8.42 Å². The molecule has 2 unspecified atom stereocenters. The zero-order chi connectivity index (χ0) is 12.0. The van der Waals surface area contributed by atoms with Gasteiger partial charge in [-0.15, -0.1) is 0 Å². The molecule has 3 nitrogen and oxygen atoms in total. The Morgan fingerprint density at radius 1 is 1.31 bits per heavy atom. The van der Waals surface area contributed by atoms with Crippen molar-refractivity contribution in [3.8, 4) is 0 Å². The molecule has 1 aliphatic carbocycles. The molecule has 2 atom stereocenters. The van der Waals surface area contributed by atoms with Crippen LogP contribution in [0.25, 0.3) is 0 Å². The van der Waals surface area contributed by atoms with Crippen molar-refractivity contribution in [1.29, 1.82) is 0 Å². The summed E-state index contributed by atoms with van der Waals surface area (Å²) in [6.45, 7) is 2.70. The molecule has 0 bridgehead atoms. The highest BCUT2D eigenvalue weighted by molar-refractivity contribution is 8.13. The summed E-state index contributed by atoms with van der Waals surface area (Å²) in [7, 11) is 1.77. The van der Waals surface area contributed by atoms with E-state index in [9.17, 15) is 8.42 Å². The number of ether oxygens (including phenoxy) is 1. The van der Waals surface area contributed by atoms with Gasteiger partial charge in [0.2, 0.25) is 9.05 Å². The summed E-state index contributed by atoms with van der Waals surface area (Å²) in [5.74, 6) is 0.666. The third kappa shape index (κ3) is 5.51. The molecule has 0 aromatic carbocycles. The lowest BCUT2D eigenvalue weighted by Crippen LogP contribution is -2.27. The van der Waals surface area contributed by atoms with E-state index in [1.165, 1.54) is 19.3 Å². The molecule has 5 heteroatoms. The Labute approximate surface area is 103 Å². The minimum Gasteiger partial charge on any atom is -0.378 e. The first-order chi connectivity index (χ1) is 7.53. The molecule has 0 aromatic heterocycles. The first-order valence-electron chi connectivity index (χ1n) is 6.07. The van der Waals surface area contributed by atoms with Gasteiger partial charge in [0.05, 0.1) is 11.9 Å². The second kappa shape index (κ2) is 6.82. The lowest BCUT2D eigenvalue weighted by atomic mass is 9.85. The van der Waals surface area contributed by atoms with Crippen LogP contribution in [-0.4, -0.2) is 26.9 Å². The maximum absolute atomic E-state index is 10.7. The van der Waals surface area contributed by atoms with Crippen molar-refractivity contribution in [2.75, 3.05) is 12.4 Å². The summed E-state index contributed by atoms with van der Waals surface area (Å²) in [6, 6.07) is 0. The molecule has 1 rings (SSSR count). The van der Waals surface area contributed by atoms with Gasteiger partial charge >= 0.3 is 0 Å². The van der Waals surface area contributed by atoms with E-state index in [1.54, 1.807) is 0 Å². The van der Waals surface area contributed by atoms with Crippen LogP contribution >= 0.6 is 10.7 Å². The van der Waals surface area contributed by atoms with Crippen LogP contribution in [0.5, 0.6) is 0 Å². The van der Waals surface area contributed by atoms with E-state index in [2.05, 4.69) is 6.92 Å². The Hall–Kier alpha value is 0.200. The Bertz CT molecular complexity index is 290. The minimum atomic E-state index is -3.35. The van der Waals surface area contributed by atoms with Crippen LogP contribution in [0.2, 0.25) is 0 Å². The van der Waals surface area contributed by atoms with Crippen LogP contribution in [0.15, 0.2) is 0 Å². The van der Waals surface area contributed by atoms with Crippen LogP contribution in [0.1, 0.15) is 45.4 Å². The molecule has 0 aliphatic heterocycles. The predicted octanol–water partition coefficient (Wildman–Crippen LogP) is 2.93. The van der Waals surface area contributed by atoms with Gasteiger partial charge in [-0.1, -0.05) is 26.2 Å².